The van der Waals surface area contributed by atoms with E-state index < -0.39 is 31.0 Å². The smallest absolute Gasteiger partial charge is 0.363 e. The van der Waals surface area contributed by atoms with Gasteiger partial charge in [-0.15, -0.1) is 0 Å². The molecule has 0 aromatic heterocycles. The van der Waals surface area contributed by atoms with Gasteiger partial charge in [0.2, 0.25) is 0 Å². The molecule has 0 fully saturated rings. The summed E-state index contributed by atoms with van der Waals surface area (Å²) in [4.78, 5) is 0.999. The van der Waals surface area contributed by atoms with Crippen molar-refractivity contribution in [3.05, 3.63) is 29.3 Å². The number of nitrogens with two attached hydrogens (primary N) is 1. The number of hydrogen-bond acceptors (Lipinski definition) is 2. The molecular weight excluding hydrogens is 298 g/mol. The first kappa shape index (κ1) is 17.6. The lowest BCUT2D eigenvalue weighted by Crippen LogP contribution is -2.35. The molecule has 0 heterocycles. The first-order valence-corrected chi connectivity index (χ1v) is 6.30. The predicted molar refractivity (Wildman–Crippen MR) is 67.9 cm³/mol. The summed E-state index contributed by atoms with van der Waals surface area (Å²) in [6, 6.07) is 2.89. The summed E-state index contributed by atoms with van der Waals surface area (Å²) in [7, 11) is 0. The molecule has 1 aromatic rings. The lowest BCUT2D eigenvalue weighted by molar-refractivity contribution is -0.138. The van der Waals surface area contributed by atoms with Crippen molar-refractivity contribution in [3.63, 3.8) is 0 Å². The zero-order valence-electron chi connectivity index (χ0n) is 11.4. The summed E-state index contributed by atoms with van der Waals surface area (Å²) >= 11 is 0. The van der Waals surface area contributed by atoms with Crippen LogP contribution in [0.3, 0.4) is 0 Å². The maximum atomic E-state index is 12.7. The van der Waals surface area contributed by atoms with Crippen molar-refractivity contribution in [3.8, 4) is 0 Å². The summed E-state index contributed by atoms with van der Waals surface area (Å²) in [5.74, 6) is 0. The molecule has 0 bridgehead atoms. The van der Waals surface area contributed by atoms with Crippen LogP contribution in [-0.4, -0.2) is 19.3 Å². The quantitative estimate of drug-likeness (QED) is 0.834. The van der Waals surface area contributed by atoms with Crippen molar-refractivity contribution in [1.29, 1.82) is 0 Å². The van der Waals surface area contributed by atoms with Gasteiger partial charge in [-0.2, -0.15) is 26.3 Å². The van der Waals surface area contributed by atoms with E-state index >= 15 is 0 Å². The van der Waals surface area contributed by atoms with Gasteiger partial charge in [0.25, 0.3) is 0 Å². The highest BCUT2D eigenvalue weighted by molar-refractivity contribution is 5.52. The van der Waals surface area contributed by atoms with Crippen molar-refractivity contribution in [2.75, 3.05) is 18.0 Å². The van der Waals surface area contributed by atoms with Crippen LogP contribution >= 0.6 is 0 Å². The number of halogens is 6. The van der Waals surface area contributed by atoms with E-state index in [2.05, 4.69) is 0 Å². The minimum absolute atomic E-state index is 0.0858. The predicted octanol–water partition coefficient (Wildman–Crippen LogP) is 3.94. The third kappa shape index (κ3) is 5.11. The average molecular weight is 314 g/mol. The minimum Gasteiger partial charge on any atom is -0.363 e. The molecule has 0 amide bonds. The van der Waals surface area contributed by atoms with Crippen LogP contribution in [0.25, 0.3) is 0 Å². The third-order valence-electron chi connectivity index (χ3n) is 2.84. The molecule has 0 saturated carbocycles. The van der Waals surface area contributed by atoms with Crippen molar-refractivity contribution in [1.82, 2.24) is 0 Å². The van der Waals surface area contributed by atoms with Crippen LogP contribution in [0.1, 0.15) is 24.5 Å². The first-order chi connectivity index (χ1) is 9.58. The Morgan fingerprint density at radius 1 is 1.10 bits per heavy atom. The van der Waals surface area contributed by atoms with Gasteiger partial charge in [0.15, 0.2) is 0 Å². The summed E-state index contributed by atoms with van der Waals surface area (Å²) in [5.41, 5.74) is 4.22. The Morgan fingerprint density at radius 3 is 2.14 bits per heavy atom. The Bertz CT molecular complexity index is 467. The Morgan fingerprint density at radius 2 is 1.71 bits per heavy atom. The molecule has 0 atom stereocenters. The van der Waals surface area contributed by atoms with Crippen LogP contribution in [0.15, 0.2) is 18.2 Å². The third-order valence-corrected chi connectivity index (χ3v) is 2.84. The molecule has 2 nitrogen and oxygen atoms in total. The second-order valence-corrected chi connectivity index (χ2v) is 4.58. The molecular formula is C13H16F6N2. The fourth-order valence-electron chi connectivity index (χ4n) is 2.01. The molecule has 8 heteroatoms. The topological polar surface area (TPSA) is 29.3 Å². The molecule has 2 N–H and O–H groups in total. The van der Waals surface area contributed by atoms with E-state index in [-0.39, 0.29) is 17.8 Å². The number of benzene rings is 1. The SMILES string of the molecule is CCCN(CC(F)(F)F)c1ccc(C(F)(F)F)c(CN)c1. The molecule has 0 aliphatic carbocycles. The van der Waals surface area contributed by atoms with Gasteiger partial charge in [0, 0.05) is 18.8 Å². The highest BCUT2D eigenvalue weighted by Crippen LogP contribution is 2.34. The molecule has 0 radical (unpaired) electrons. The monoisotopic (exact) mass is 314 g/mol. The van der Waals surface area contributed by atoms with Gasteiger partial charge >= 0.3 is 12.4 Å². The standard InChI is InChI=1S/C13H16F6N2/c1-2-5-21(8-12(14,15)16)10-3-4-11(13(17,18)19)9(6-10)7-20/h3-4,6H,2,5,7-8,20H2,1H3. The van der Waals surface area contributed by atoms with E-state index in [9.17, 15) is 26.3 Å². The summed E-state index contributed by atoms with van der Waals surface area (Å²) in [6.45, 7) is 0.178. The average Bonchev–Trinajstić information content (AvgIpc) is 2.35. The van der Waals surface area contributed by atoms with Crippen LogP contribution in [-0.2, 0) is 12.7 Å². The number of hydrogen-bond donors (Lipinski definition) is 1. The Hall–Kier alpha value is -1.44. The number of rotatable bonds is 5. The van der Waals surface area contributed by atoms with Gasteiger partial charge in [-0.25, -0.2) is 0 Å². The van der Waals surface area contributed by atoms with E-state index in [0.29, 0.717) is 6.42 Å². The summed E-state index contributed by atoms with van der Waals surface area (Å²) in [5, 5.41) is 0. The van der Waals surface area contributed by atoms with E-state index in [4.69, 9.17) is 5.73 Å². The van der Waals surface area contributed by atoms with E-state index in [0.717, 1.165) is 23.1 Å². The molecule has 21 heavy (non-hydrogen) atoms. The van der Waals surface area contributed by atoms with Crippen LogP contribution in [0, 0.1) is 0 Å². The number of nitrogens with zero attached hydrogens (tertiary/aromatic N) is 1. The van der Waals surface area contributed by atoms with E-state index in [1.807, 2.05) is 0 Å². The number of anilines is 1. The molecule has 1 rings (SSSR count). The fraction of sp³-hybridized carbons (Fsp3) is 0.538. The largest absolute Gasteiger partial charge is 0.416 e. The molecule has 0 aliphatic heterocycles. The first-order valence-electron chi connectivity index (χ1n) is 6.30. The zero-order valence-corrected chi connectivity index (χ0v) is 11.4. The van der Waals surface area contributed by atoms with Crippen molar-refractivity contribution in [2.24, 2.45) is 5.73 Å². The van der Waals surface area contributed by atoms with Gasteiger partial charge in [-0.1, -0.05) is 6.92 Å². The van der Waals surface area contributed by atoms with Gasteiger partial charge in [0.05, 0.1) is 5.56 Å². The Kier molecular flexibility index (Phi) is 5.49. The van der Waals surface area contributed by atoms with Crippen molar-refractivity contribution >= 4 is 5.69 Å². The molecule has 0 spiro atoms. The maximum absolute atomic E-state index is 12.7. The molecule has 0 saturated heterocycles. The normalized spacial score (nSPS) is 12.6. The highest BCUT2D eigenvalue weighted by Gasteiger charge is 2.34. The lowest BCUT2D eigenvalue weighted by Gasteiger charge is -2.26. The zero-order chi connectivity index (χ0) is 16.3. The second-order valence-electron chi connectivity index (χ2n) is 4.58. The second kappa shape index (κ2) is 6.55. The van der Waals surface area contributed by atoms with Crippen LogP contribution in [0.5, 0.6) is 0 Å². The van der Waals surface area contributed by atoms with E-state index in [1.165, 1.54) is 0 Å². The maximum Gasteiger partial charge on any atom is 0.416 e. The van der Waals surface area contributed by atoms with E-state index in [1.54, 1.807) is 6.92 Å². The minimum atomic E-state index is -4.58. The van der Waals surface area contributed by atoms with Crippen LogP contribution in [0.2, 0.25) is 0 Å². The molecule has 0 unspecified atom stereocenters. The number of alkyl halides is 6. The highest BCUT2D eigenvalue weighted by atomic mass is 19.4. The fourth-order valence-corrected chi connectivity index (χ4v) is 2.01. The van der Waals surface area contributed by atoms with Crippen molar-refractivity contribution < 1.29 is 26.3 Å². The molecule has 0 aliphatic rings. The van der Waals surface area contributed by atoms with Gasteiger partial charge < -0.3 is 10.6 Å². The van der Waals surface area contributed by atoms with Crippen molar-refractivity contribution in [2.45, 2.75) is 32.2 Å². The summed E-state index contributed by atoms with van der Waals surface area (Å²) < 4.78 is 75.8. The van der Waals surface area contributed by atoms with Gasteiger partial charge in [0.1, 0.15) is 6.54 Å². The van der Waals surface area contributed by atoms with Crippen LogP contribution < -0.4 is 10.6 Å². The molecule has 1 aromatic carbocycles. The Labute approximate surface area is 118 Å². The molecule has 120 valence electrons. The Balaban J connectivity index is 3.16. The lowest BCUT2D eigenvalue weighted by atomic mass is 10.1. The van der Waals surface area contributed by atoms with Gasteiger partial charge in [-0.05, 0) is 30.2 Å². The van der Waals surface area contributed by atoms with Gasteiger partial charge in [-0.3, -0.25) is 0 Å². The van der Waals surface area contributed by atoms with Crippen LogP contribution in [0.4, 0.5) is 32.0 Å². The summed E-state index contributed by atoms with van der Waals surface area (Å²) in [6.07, 6.45) is -8.57.